The molecule has 0 aliphatic rings. The number of carbonyl (C=O) groups excluding carboxylic acids is 1. The number of furan rings is 1. The lowest BCUT2D eigenvalue weighted by Crippen LogP contribution is -2.30. The van der Waals surface area contributed by atoms with Gasteiger partial charge in [0.25, 0.3) is 5.91 Å². The van der Waals surface area contributed by atoms with E-state index in [0.29, 0.717) is 30.2 Å². The number of nitrogens with zero attached hydrogens (tertiary/aromatic N) is 3. The second kappa shape index (κ2) is 11.0. The topological polar surface area (TPSA) is 79.4 Å². The van der Waals surface area contributed by atoms with Gasteiger partial charge in [0.05, 0.1) is 5.56 Å². The van der Waals surface area contributed by atoms with Gasteiger partial charge in [0.1, 0.15) is 24.2 Å². The van der Waals surface area contributed by atoms with Crippen LogP contribution in [0.3, 0.4) is 0 Å². The van der Waals surface area contributed by atoms with E-state index in [9.17, 15) is 10.1 Å². The molecule has 6 heteroatoms. The average molecular weight is 452 g/mol. The number of amides is 1. The van der Waals surface area contributed by atoms with Crippen molar-refractivity contribution in [3.63, 3.8) is 0 Å². The molecule has 0 aliphatic carbocycles. The van der Waals surface area contributed by atoms with Crippen LogP contribution >= 0.6 is 0 Å². The van der Waals surface area contributed by atoms with E-state index in [1.807, 2.05) is 12.1 Å². The zero-order chi connectivity index (χ0) is 23.8. The van der Waals surface area contributed by atoms with Gasteiger partial charge in [-0.2, -0.15) is 5.26 Å². The molecule has 2 aromatic heterocycles. The second-order valence-corrected chi connectivity index (χ2v) is 7.86. The Balaban J connectivity index is 1.50. The highest BCUT2D eigenvalue weighted by Gasteiger charge is 2.21. The quantitative estimate of drug-likeness (QED) is 0.334. The minimum absolute atomic E-state index is 0.118. The molecule has 1 amide bonds. The molecule has 4 aromatic rings. The molecule has 0 fully saturated rings. The van der Waals surface area contributed by atoms with Gasteiger partial charge in [-0.15, -0.1) is 0 Å². The van der Waals surface area contributed by atoms with Gasteiger partial charge in [0.15, 0.2) is 5.76 Å². The first-order valence-corrected chi connectivity index (χ1v) is 11.1. The van der Waals surface area contributed by atoms with Gasteiger partial charge in [-0.3, -0.25) is 9.78 Å². The third-order valence-electron chi connectivity index (χ3n) is 5.44. The van der Waals surface area contributed by atoms with E-state index >= 15 is 0 Å². The van der Waals surface area contributed by atoms with Crippen LogP contribution in [-0.2, 0) is 26.1 Å². The molecule has 0 N–H and O–H groups in total. The first-order valence-electron chi connectivity index (χ1n) is 11.1. The van der Waals surface area contributed by atoms with E-state index in [2.05, 4.69) is 42.2 Å². The summed E-state index contributed by atoms with van der Waals surface area (Å²) in [6, 6.07) is 24.6. The number of hydrogen-bond donors (Lipinski definition) is 0. The lowest BCUT2D eigenvalue weighted by molar-refractivity contribution is 0.0693. The number of para-hydroxylation sites is 1. The summed E-state index contributed by atoms with van der Waals surface area (Å²) in [7, 11) is 0. The number of benzene rings is 2. The number of carbonyl (C=O) groups is 1. The highest BCUT2D eigenvalue weighted by atomic mass is 16.5. The highest BCUT2D eigenvalue weighted by Crippen LogP contribution is 2.21. The van der Waals surface area contributed by atoms with Crippen molar-refractivity contribution >= 4 is 5.91 Å². The predicted octanol–water partition coefficient (Wildman–Crippen LogP) is 5.53. The van der Waals surface area contributed by atoms with E-state index in [-0.39, 0.29) is 18.3 Å². The van der Waals surface area contributed by atoms with Crippen molar-refractivity contribution in [3.05, 3.63) is 119 Å². The van der Waals surface area contributed by atoms with Gasteiger partial charge in [-0.05, 0) is 53.4 Å². The number of pyridine rings is 1. The summed E-state index contributed by atoms with van der Waals surface area (Å²) in [6.45, 7) is 3.08. The molecule has 0 unspecified atom stereocenters. The summed E-state index contributed by atoms with van der Waals surface area (Å²) in [6.07, 6.45) is 4.44. The maximum atomic E-state index is 13.4. The molecule has 0 aliphatic heterocycles. The first-order chi connectivity index (χ1) is 16.7. The largest absolute Gasteiger partial charge is 0.484 e. The van der Waals surface area contributed by atoms with Gasteiger partial charge in [0, 0.05) is 25.5 Å². The maximum Gasteiger partial charge on any atom is 0.290 e. The minimum Gasteiger partial charge on any atom is -0.484 e. The summed E-state index contributed by atoms with van der Waals surface area (Å²) in [4.78, 5) is 19.3. The molecule has 34 heavy (non-hydrogen) atoms. The molecule has 4 rings (SSSR count). The van der Waals surface area contributed by atoms with Crippen molar-refractivity contribution < 1.29 is 13.9 Å². The van der Waals surface area contributed by atoms with Crippen molar-refractivity contribution in [3.8, 4) is 11.8 Å². The van der Waals surface area contributed by atoms with Crippen LogP contribution in [0.1, 0.15) is 45.5 Å². The molecule has 0 atom stereocenters. The third-order valence-corrected chi connectivity index (χ3v) is 5.44. The van der Waals surface area contributed by atoms with E-state index < -0.39 is 0 Å². The highest BCUT2D eigenvalue weighted by molar-refractivity contribution is 5.91. The molecule has 0 saturated heterocycles. The minimum atomic E-state index is -0.216. The number of rotatable bonds is 9. The van der Waals surface area contributed by atoms with Crippen LogP contribution < -0.4 is 4.74 Å². The summed E-state index contributed by atoms with van der Waals surface area (Å²) < 4.78 is 11.6. The Morgan fingerprint density at radius 1 is 0.971 bits per heavy atom. The number of aromatic nitrogens is 1. The SMILES string of the molecule is CCc1ccc(CN(Cc2cccnc2)C(=O)c2ccc(COc3ccccc3C#N)o2)cc1. The van der Waals surface area contributed by atoms with Crippen LogP contribution in [0.25, 0.3) is 0 Å². The van der Waals surface area contributed by atoms with Gasteiger partial charge in [0.2, 0.25) is 0 Å². The molecule has 0 saturated carbocycles. The van der Waals surface area contributed by atoms with Crippen molar-refractivity contribution in [2.75, 3.05) is 0 Å². The van der Waals surface area contributed by atoms with E-state index in [4.69, 9.17) is 9.15 Å². The normalized spacial score (nSPS) is 10.5. The lowest BCUT2D eigenvalue weighted by atomic mass is 10.1. The standard InChI is InChI=1S/C28H25N3O3/c1-2-21-9-11-22(12-10-21)18-31(19-23-6-5-15-30-17-23)28(32)27-14-13-25(34-27)20-33-26-8-4-3-7-24(26)16-29/h3-15,17H,2,18-20H2,1H3. The van der Waals surface area contributed by atoms with Crippen molar-refractivity contribution in [2.45, 2.75) is 33.0 Å². The van der Waals surface area contributed by atoms with Crippen molar-refractivity contribution in [1.29, 1.82) is 5.26 Å². The number of aryl methyl sites for hydroxylation is 1. The van der Waals surface area contributed by atoms with E-state index in [1.165, 1.54) is 5.56 Å². The molecule has 2 aromatic carbocycles. The Kier molecular flexibility index (Phi) is 7.36. The Bertz CT molecular complexity index is 1270. The number of hydrogen-bond acceptors (Lipinski definition) is 5. The Hall–Kier alpha value is -4.37. The second-order valence-electron chi connectivity index (χ2n) is 7.86. The Labute approximate surface area is 199 Å². The summed E-state index contributed by atoms with van der Waals surface area (Å²) >= 11 is 0. The summed E-state index contributed by atoms with van der Waals surface area (Å²) in [5.41, 5.74) is 3.67. The zero-order valence-corrected chi connectivity index (χ0v) is 19.0. The maximum absolute atomic E-state index is 13.4. The van der Waals surface area contributed by atoms with Gasteiger partial charge >= 0.3 is 0 Å². The van der Waals surface area contributed by atoms with Crippen molar-refractivity contribution in [2.24, 2.45) is 0 Å². The Morgan fingerprint density at radius 3 is 2.47 bits per heavy atom. The molecule has 0 spiro atoms. The number of nitriles is 1. The van der Waals surface area contributed by atoms with Crippen LogP contribution in [0.4, 0.5) is 0 Å². The van der Waals surface area contributed by atoms with Gasteiger partial charge in [-0.1, -0.05) is 49.4 Å². The molecule has 0 radical (unpaired) electrons. The zero-order valence-electron chi connectivity index (χ0n) is 19.0. The number of ether oxygens (including phenoxy) is 1. The molecule has 0 bridgehead atoms. The first kappa shape index (κ1) is 22.8. The molecule has 6 nitrogen and oxygen atoms in total. The molecule has 170 valence electrons. The van der Waals surface area contributed by atoms with Crippen LogP contribution in [0.15, 0.2) is 89.6 Å². The fourth-order valence-electron chi connectivity index (χ4n) is 3.57. The summed E-state index contributed by atoms with van der Waals surface area (Å²) in [5, 5.41) is 9.22. The van der Waals surface area contributed by atoms with Gasteiger partial charge in [-0.25, -0.2) is 0 Å². The lowest BCUT2D eigenvalue weighted by Gasteiger charge is -2.22. The van der Waals surface area contributed by atoms with Crippen molar-refractivity contribution in [1.82, 2.24) is 9.88 Å². The van der Waals surface area contributed by atoms with E-state index in [0.717, 1.165) is 17.5 Å². The summed E-state index contributed by atoms with van der Waals surface area (Å²) in [5.74, 6) is 1.00. The molecular formula is C28H25N3O3. The smallest absolute Gasteiger partial charge is 0.290 e. The molecular weight excluding hydrogens is 426 g/mol. The van der Waals surface area contributed by atoms with Crippen LogP contribution in [0.5, 0.6) is 5.75 Å². The monoisotopic (exact) mass is 451 g/mol. The average Bonchev–Trinajstić information content (AvgIpc) is 3.37. The van der Waals surface area contributed by atoms with E-state index in [1.54, 1.807) is 53.7 Å². The third kappa shape index (κ3) is 5.70. The van der Waals surface area contributed by atoms with Gasteiger partial charge < -0.3 is 14.1 Å². The molecule has 2 heterocycles. The fraction of sp³-hybridized carbons (Fsp3) is 0.179. The fourth-order valence-corrected chi connectivity index (χ4v) is 3.57. The van der Waals surface area contributed by atoms with Crippen LogP contribution in [0, 0.1) is 11.3 Å². The van der Waals surface area contributed by atoms with Crippen LogP contribution in [-0.4, -0.2) is 15.8 Å². The van der Waals surface area contributed by atoms with Crippen LogP contribution in [0.2, 0.25) is 0 Å². The predicted molar refractivity (Wildman–Crippen MR) is 128 cm³/mol. The Morgan fingerprint density at radius 2 is 1.74 bits per heavy atom.